The molecule has 1 aliphatic rings. The second-order valence-corrected chi connectivity index (χ2v) is 5.16. The maximum Gasteiger partial charge on any atom is 0.292 e. The summed E-state index contributed by atoms with van der Waals surface area (Å²) in [5.74, 6) is 0. The molecule has 1 aliphatic heterocycles. The number of hydrogen-bond acceptors (Lipinski definition) is 5. The molecular formula is C14H20N2O4. The normalized spacial score (nSPS) is 21.4. The maximum absolute atomic E-state index is 11.3. The smallest absolute Gasteiger partial charge is 0.292 e. The Morgan fingerprint density at radius 1 is 1.55 bits per heavy atom. The molecule has 1 N–H and O–H groups in total. The van der Waals surface area contributed by atoms with Crippen LogP contribution in [-0.4, -0.2) is 35.8 Å². The lowest BCUT2D eigenvalue weighted by atomic mass is 10.1. The van der Waals surface area contributed by atoms with Gasteiger partial charge in [0.1, 0.15) is 5.69 Å². The van der Waals surface area contributed by atoms with Gasteiger partial charge in [-0.3, -0.25) is 10.1 Å². The largest absolute Gasteiger partial charge is 0.389 e. The zero-order valence-corrected chi connectivity index (χ0v) is 11.8. The molecule has 1 aromatic rings. The summed E-state index contributed by atoms with van der Waals surface area (Å²) in [4.78, 5) is 12.9. The summed E-state index contributed by atoms with van der Waals surface area (Å²) < 4.78 is 5.57. The zero-order chi connectivity index (χ0) is 14.7. The van der Waals surface area contributed by atoms with E-state index in [0.717, 1.165) is 13.0 Å². The lowest BCUT2D eigenvalue weighted by Gasteiger charge is -2.24. The molecule has 1 aromatic carbocycles. The van der Waals surface area contributed by atoms with Crippen LogP contribution in [-0.2, 0) is 4.74 Å². The van der Waals surface area contributed by atoms with E-state index in [0.29, 0.717) is 24.4 Å². The first kappa shape index (κ1) is 14.7. The Kier molecular flexibility index (Phi) is 4.57. The number of anilines is 1. The molecule has 0 bridgehead atoms. The molecule has 1 saturated heterocycles. The number of hydrogen-bond donors (Lipinski definition) is 1. The monoisotopic (exact) mass is 280 g/mol. The molecule has 0 saturated carbocycles. The summed E-state index contributed by atoms with van der Waals surface area (Å²) in [7, 11) is 0. The second kappa shape index (κ2) is 6.19. The van der Waals surface area contributed by atoms with Crippen molar-refractivity contribution < 1.29 is 14.8 Å². The Hall–Kier alpha value is -1.66. The molecule has 0 aliphatic carbocycles. The van der Waals surface area contributed by atoms with Crippen molar-refractivity contribution in [2.24, 2.45) is 0 Å². The molecule has 0 radical (unpaired) electrons. The molecule has 6 heteroatoms. The van der Waals surface area contributed by atoms with Gasteiger partial charge in [-0.1, -0.05) is 6.07 Å². The van der Waals surface area contributed by atoms with E-state index in [1.807, 2.05) is 11.8 Å². The molecule has 2 rings (SSSR count). The average molecular weight is 280 g/mol. The molecule has 0 aromatic heterocycles. The molecule has 6 nitrogen and oxygen atoms in total. The van der Waals surface area contributed by atoms with Gasteiger partial charge in [0.15, 0.2) is 0 Å². The van der Waals surface area contributed by atoms with Crippen LogP contribution in [0.3, 0.4) is 0 Å². The Bertz CT molecular complexity index is 490. The predicted octanol–water partition coefficient (Wildman–Crippen LogP) is 2.26. The first-order valence-corrected chi connectivity index (χ1v) is 6.82. The van der Waals surface area contributed by atoms with Gasteiger partial charge in [-0.15, -0.1) is 0 Å². The zero-order valence-electron chi connectivity index (χ0n) is 11.8. The first-order valence-electron chi connectivity index (χ1n) is 6.82. The van der Waals surface area contributed by atoms with Crippen LogP contribution in [0.4, 0.5) is 11.4 Å². The fourth-order valence-corrected chi connectivity index (χ4v) is 2.43. The number of ether oxygens (including phenoxy) is 1. The van der Waals surface area contributed by atoms with Crippen LogP contribution in [0.15, 0.2) is 18.2 Å². The molecule has 110 valence electrons. The standard InChI is InChI=1S/C14H20N2O4/c1-10-9-15(6-3-7-20-10)13-5-4-12(11(2)17)8-14(13)16(18)19/h4-5,8,10-11,17H,3,6-7,9H2,1-2H3. The van der Waals surface area contributed by atoms with Gasteiger partial charge in [-0.2, -0.15) is 0 Å². The Labute approximate surface area is 118 Å². The van der Waals surface area contributed by atoms with E-state index < -0.39 is 11.0 Å². The number of nitrogens with zero attached hydrogens (tertiary/aromatic N) is 2. The van der Waals surface area contributed by atoms with Crippen molar-refractivity contribution in [3.63, 3.8) is 0 Å². The van der Waals surface area contributed by atoms with Gasteiger partial charge in [-0.05, 0) is 31.9 Å². The van der Waals surface area contributed by atoms with E-state index in [1.165, 1.54) is 6.07 Å². The highest BCUT2D eigenvalue weighted by molar-refractivity contribution is 5.64. The summed E-state index contributed by atoms with van der Waals surface area (Å²) >= 11 is 0. The lowest BCUT2D eigenvalue weighted by molar-refractivity contribution is -0.384. The summed E-state index contributed by atoms with van der Waals surface area (Å²) in [5, 5.41) is 20.8. The Morgan fingerprint density at radius 2 is 2.30 bits per heavy atom. The minimum absolute atomic E-state index is 0.0394. The van der Waals surface area contributed by atoms with Crippen LogP contribution in [0.2, 0.25) is 0 Å². The third-order valence-electron chi connectivity index (χ3n) is 3.47. The molecule has 0 amide bonds. The van der Waals surface area contributed by atoms with Crippen LogP contribution in [0.25, 0.3) is 0 Å². The van der Waals surface area contributed by atoms with Crippen LogP contribution in [0.1, 0.15) is 31.9 Å². The van der Waals surface area contributed by atoms with E-state index >= 15 is 0 Å². The number of aliphatic hydroxyl groups is 1. The predicted molar refractivity (Wildman–Crippen MR) is 76.0 cm³/mol. The molecule has 0 spiro atoms. The highest BCUT2D eigenvalue weighted by atomic mass is 16.6. The summed E-state index contributed by atoms with van der Waals surface area (Å²) in [6.45, 7) is 5.61. The van der Waals surface area contributed by atoms with E-state index in [2.05, 4.69) is 0 Å². The molecule has 20 heavy (non-hydrogen) atoms. The topological polar surface area (TPSA) is 75.8 Å². The molecule has 1 heterocycles. The highest BCUT2D eigenvalue weighted by Gasteiger charge is 2.23. The third kappa shape index (κ3) is 3.26. The first-order chi connectivity index (χ1) is 9.49. The lowest BCUT2D eigenvalue weighted by Crippen LogP contribution is -2.30. The van der Waals surface area contributed by atoms with Gasteiger partial charge >= 0.3 is 0 Å². The highest BCUT2D eigenvalue weighted by Crippen LogP contribution is 2.32. The van der Waals surface area contributed by atoms with Crippen LogP contribution < -0.4 is 4.90 Å². The Morgan fingerprint density at radius 3 is 2.95 bits per heavy atom. The minimum Gasteiger partial charge on any atom is -0.389 e. The number of benzene rings is 1. The van der Waals surface area contributed by atoms with Gasteiger partial charge in [0.05, 0.1) is 17.1 Å². The number of rotatable bonds is 3. The molecule has 2 atom stereocenters. The fourth-order valence-electron chi connectivity index (χ4n) is 2.43. The van der Waals surface area contributed by atoms with E-state index in [9.17, 15) is 15.2 Å². The molecule has 2 unspecified atom stereocenters. The quantitative estimate of drug-likeness (QED) is 0.679. The summed E-state index contributed by atoms with van der Waals surface area (Å²) in [6, 6.07) is 4.91. The van der Waals surface area contributed by atoms with Gasteiger partial charge in [-0.25, -0.2) is 0 Å². The van der Waals surface area contributed by atoms with Crippen molar-refractivity contribution in [2.45, 2.75) is 32.5 Å². The second-order valence-electron chi connectivity index (χ2n) is 5.16. The number of nitro groups is 1. The average Bonchev–Trinajstić information content (AvgIpc) is 2.62. The van der Waals surface area contributed by atoms with E-state index in [-0.39, 0.29) is 11.8 Å². The minimum atomic E-state index is -0.714. The SMILES string of the molecule is CC1CN(c2ccc(C(C)O)cc2[N+](=O)[O-])CCCO1. The van der Waals surface area contributed by atoms with Crippen molar-refractivity contribution in [1.29, 1.82) is 0 Å². The van der Waals surface area contributed by atoms with Gasteiger partial charge in [0.2, 0.25) is 0 Å². The maximum atomic E-state index is 11.3. The van der Waals surface area contributed by atoms with E-state index in [1.54, 1.807) is 19.1 Å². The van der Waals surface area contributed by atoms with Crippen LogP contribution in [0, 0.1) is 10.1 Å². The number of nitro benzene ring substituents is 1. The van der Waals surface area contributed by atoms with Crippen LogP contribution in [0.5, 0.6) is 0 Å². The summed E-state index contributed by atoms with van der Waals surface area (Å²) in [6.07, 6.45) is 0.183. The van der Waals surface area contributed by atoms with Gasteiger partial charge < -0.3 is 14.7 Å². The van der Waals surface area contributed by atoms with Crippen molar-refractivity contribution in [2.75, 3.05) is 24.6 Å². The van der Waals surface area contributed by atoms with Crippen molar-refractivity contribution in [1.82, 2.24) is 0 Å². The Balaban J connectivity index is 2.36. The third-order valence-corrected chi connectivity index (χ3v) is 3.47. The molecule has 1 fully saturated rings. The van der Waals surface area contributed by atoms with Crippen molar-refractivity contribution in [3.8, 4) is 0 Å². The van der Waals surface area contributed by atoms with E-state index in [4.69, 9.17) is 4.74 Å². The van der Waals surface area contributed by atoms with Crippen molar-refractivity contribution in [3.05, 3.63) is 33.9 Å². The van der Waals surface area contributed by atoms with Crippen molar-refractivity contribution >= 4 is 11.4 Å². The van der Waals surface area contributed by atoms with Gasteiger partial charge in [0, 0.05) is 25.8 Å². The molecular weight excluding hydrogens is 260 g/mol. The van der Waals surface area contributed by atoms with Crippen LogP contribution >= 0.6 is 0 Å². The van der Waals surface area contributed by atoms with Gasteiger partial charge in [0.25, 0.3) is 5.69 Å². The number of aliphatic hydroxyl groups excluding tert-OH is 1. The fraction of sp³-hybridized carbons (Fsp3) is 0.571. The summed E-state index contributed by atoms with van der Waals surface area (Å²) in [5.41, 5.74) is 1.19.